The minimum Gasteiger partial charge on any atom is -0.367 e. The summed E-state index contributed by atoms with van der Waals surface area (Å²) >= 11 is 5.74. The molecular weight excluding hydrogens is 138 g/mol. The lowest BCUT2D eigenvalue weighted by Gasteiger charge is -1.90. The third kappa shape index (κ3) is 0.612. The zero-order valence-electron chi connectivity index (χ0n) is 4.76. The summed E-state index contributed by atoms with van der Waals surface area (Å²) in [5, 5.41) is 7.85. The van der Waals surface area contributed by atoms with Gasteiger partial charge in [0, 0.05) is 6.54 Å². The van der Waals surface area contributed by atoms with E-state index in [0.29, 0.717) is 5.02 Å². The molecule has 0 unspecified atom stereocenters. The van der Waals surface area contributed by atoms with Crippen molar-refractivity contribution in [2.75, 3.05) is 11.9 Å². The maximum absolute atomic E-state index is 5.74. The number of nitrogens with zero attached hydrogens (tertiary/aromatic N) is 2. The van der Waals surface area contributed by atoms with Crippen LogP contribution in [0.15, 0.2) is 6.20 Å². The first kappa shape index (κ1) is 5.11. The Labute approximate surface area is 57.6 Å². The van der Waals surface area contributed by atoms with Crippen molar-refractivity contribution < 1.29 is 0 Å². The number of rotatable bonds is 0. The van der Waals surface area contributed by atoms with Crippen molar-refractivity contribution in [3.8, 4) is 0 Å². The summed E-state index contributed by atoms with van der Waals surface area (Å²) in [6.45, 7) is 1.88. The molecule has 1 aromatic heterocycles. The fraction of sp³-hybridized carbons (Fsp3) is 0.400. The molecule has 3 nitrogen and oxygen atoms in total. The van der Waals surface area contributed by atoms with E-state index < -0.39 is 0 Å². The lowest BCUT2D eigenvalue weighted by atomic mass is 10.6. The van der Waals surface area contributed by atoms with Gasteiger partial charge in [-0.3, -0.25) is 0 Å². The molecule has 1 aromatic rings. The molecular formula is C5H6ClN3. The van der Waals surface area contributed by atoms with Gasteiger partial charge in [-0.15, -0.1) is 0 Å². The SMILES string of the molecule is Clc1cnn2c1NCC2. The van der Waals surface area contributed by atoms with Gasteiger partial charge in [0.05, 0.1) is 12.7 Å². The molecule has 0 bridgehead atoms. The molecule has 0 amide bonds. The summed E-state index contributed by atoms with van der Waals surface area (Å²) in [6.07, 6.45) is 1.66. The van der Waals surface area contributed by atoms with Crippen molar-refractivity contribution >= 4 is 17.4 Å². The normalized spacial score (nSPS) is 15.2. The standard InChI is InChI=1S/C5H6ClN3/c6-4-3-8-9-2-1-7-5(4)9/h3,7H,1-2H2. The van der Waals surface area contributed by atoms with Gasteiger partial charge in [-0.05, 0) is 0 Å². The predicted molar refractivity (Wildman–Crippen MR) is 35.7 cm³/mol. The lowest BCUT2D eigenvalue weighted by molar-refractivity contribution is 0.696. The van der Waals surface area contributed by atoms with E-state index in [9.17, 15) is 0 Å². The molecule has 0 atom stereocenters. The average molecular weight is 144 g/mol. The second-order valence-corrected chi connectivity index (χ2v) is 2.40. The Balaban J connectivity index is 2.56. The van der Waals surface area contributed by atoms with Crippen molar-refractivity contribution in [1.82, 2.24) is 9.78 Å². The second-order valence-electron chi connectivity index (χ2n) is 1.99. The maximum atomic E-state index is 5.74. The number of nitrogens with one attached hydrogen (secondary N) is 1. The van der Waals surface area contributed by atoms with Crippen molar-refractivity contribution in [3.05, 3.63) is 11.2 Å². The van der Waals surface area contributed by atoms with Gasteiger partial charge in [0.2, 0.25) is 0 Å². The van der Waals surface area contributed by atoms with Crippen molar-refractivity contribution in [2.24, 2.45) is 0 Å². The topological polar surface area (TPSA) is 29.9 Å². The van der Waals surface area contributed by atoms with Crippen LogP contribution in [0.1, 0.15) is 0 Å². The highest BCUT2D eigenvalue weighted by Crippen LogP contribution is 2.23. The van der Waals surface area contributed by atoms with Gasteiger partial charge < -0.3 is 5.32 Å². The summed E-state index contributed by atoms with van der Waals surface area (Å²) in [5.74, 6) is 0.955. The van der Waals surface area contributed by atoms with Gasteiger partial charge in [-0.25, -0.2) is 4.68 Å². The highest BCUT2D eigenvalue weighted by atomic mass is 35.5. The minimum atomic E-state index is 0.715. The van der Waals surface area contributed by atoms with E-state index in [0.717, 1.165) is 18.9 Å². The van der Waals surface area contributed by atoms with E-state index in [-0.39, 0.29) is 0 Å². The molecule has 1 aliphatic rings. The molecule has 2 heterocycles. The molecule has 0 saturated heterocycles. The number of hydrogen-bond donors (Lipinski definition) is 1. The van der Waals surface area contributed by atoms with Crippen LogP contribution < -0.4 is 5.32 Å². The Kier molecular flexibility index (Phi) is 0.931. The zero-order chi connectivity index (χ0) is 6.27. The fourth-order valence-electron chi connectivity index (χ4n) is 0.988. The van der Waals surface area contributed by atoms with Crippen molar-refractivity contribution in [2.45, 2.75) is 6.54 Å². The smallest absolute Gasteiger partial charge is 0.143 e. The number of fused-ring (bicyclic) bond motifs is 1. The Morgan fingerprint density at radius 1 is 1.78 bits per heavy atom. The summed E-state index contributed by atoms with van der Waals surface area (Å²) in [7, 11) is 0. The quantitative estimate of drug-likeness (QED) is 0.587. The molecule has 1 N–H and O–H groups in total. The van der Waals surface area contributed by atoms with Crippen LogP contribution in [0.4, 0.5) is 5.82 Å². The number of halogens is 1. The number of anilines is 1. The monoisotopic (exact) mass is 143 g/mol. The average Bonchev–Trinajstić information content (AvgIpc) is 2.35. The molecule has 0 fully saturated rings. The lowest BCUT2D eigenvalue weighted by Crippen LogP contribution is -1.94. The first-order chi connectivity index (χ1) is 4.38. The fourth-order valence-corrected chi connectivity index (χ4v) is 1.20. The van der Waals surface area contributed by atoms with Gasteiger partial charge in [-0.1, -0.05) is 11.6 Å². The van der Waals surface area contributed by atoms with Gasteiger partial charge in [0.1, 0.15) is 10.8 Å². The van der Waals surface area contributed by atoms with Gasteiger partial charge >= 0.3 is 0 Å². The van der Waals surface area contributed by atoms with Crippen LogP contribution in [0, 0.1) is 0 Å². The van der Waals surface area contributed by atoms with Crippen LogP contribution in [0.3, 0.4) is 0 Å². The van der Waals surface area contributed by atoms with E-state index in [1.165, 1.54) is 0 Å². The third-order valence-corrected chi connectivity index (χ3v) is 1.69. The van der Waals surface area contributed by atoms with Crippen LogP contribution in [0.25, 0.3) is 0 Å². The highest BCUT2D eigenvalue weighted by Gasteiger charge is 2.12. The van der Waals surface area contributed by atoms with Crippen LogP contribution in [0.2, 0.25) is 5.02 Å². The minimum absolute atomic E-state index is 0.715. The van der Waals surface area contributed by atoms with E-state index >= 15 is 0 Å². The molecule has 4 heteroatoms. The highest BCUT2D eigenvalue weighted by molar-refractivity contribution is 6.32. The molecule has 1 aliphatic heterocycles. The summed E-state index contributed by atoms with van der Waals surface area (Å²) in [4.78, 5) is 0. The van der Waals surface area contributed by atoms with Crippen molar-refractivity contribution in [3.63, 3.8) is 0 Å². The number of hydrogen-bond acceptors (Lipinski definition) is 2. The Morgan fingerprint density at radius 3 is 3.44 bits per heavy atom. The van der Waals surface area contributed by atoms with Crippen LogP contribution in [0.5, 0.6) is 0 Å². The van der Waals surface area contributed by atoms with E-state index in [1.807, 2.05) is 4.68 Å². The molecule has 0 spiro atoms. The summed E-state index contributed by atoms with van der Waals surface area (Å²) in [6, 6.07) is 0. The first-order valence-electron chi connectivity index (χ1n) is 2.83. The van der Waals surface area contributed by atoms with Gasteiger partial charge in [0.15, 0.2) is 0 Å². The predicted octanol–water partition coefficient (Wildman–Crippen LogP) is 0.962. The zero-order valence-corrected chi connectivity index (χ0v) is 5.52. The summed E-state index contributed by atoms with van der Waals surface area (Å²) < 4.78 is 1.86. The van der Waals surface area contributed by atoms with Crippen molar-refractivity contribution in [1.29, 1.82) is 0 Å². The first-order valence-corrected chi connectivity index (χ1v) is 3.21. The molecule has 0 aromatic carbocycles. The third-order valence-electron chi connectivity index (χ3n) is 1.41. The van der Waals surface area contributed by atoms with E-state index in [4.69, 9.17) is 11.6 Å². The second kappa shape index (κ2) is 1.64. The molecule has 9 heavy (non-hydrogen) atoms. The Hall–Kier alpha value is -0.700. The molecule has 0 aliphatic carbocycles. The molecule has 2 rings (SSSR count). The van der Waals surface area contributed by atoms with Crippen LogP contribution in [-0.2, 0) is 6.54 Å². The van der Waals surface area contributed by atoms with Crippen LogP contribution in [-0.4, -0.2) is 16.3 Å². The van der Waals surface area contributed by atoms with E-state index in [2.05, 4.69) is 10.4 Å². The largest absolute Gasteiger partial charge is 0.367 e. The van der Waals surface area contributed by atoms with Gasteiger partial charge in [0.25, 0.3) is 0 Å². The van der Waals surface area contributed by atoms with E-state index in [1.54, 1.807) is 6.20 Å². The Bertz CT molecular complexity index is 230. The Morgan fingerprint density at radius 2 is 2.67 bits per heavy atom. The molecule has 0 radical (unpaired) electrons. The van der Waals surface area contributed by atoms with Crippen LogP contribution >= 0.6 is 11.6 Å². The molecule has 48 valence electrons. The van der Waals surface area contributed by atoms with Gasteiger partial charge in [-0.2, -0.15) is 5.10 Å². The maximum Gasteiger partial charge on any atom is 0.143 e. The summed E-state index contributed by atoms with van der Waals surface area (Å²) in [5.41, 5.74) is 0. The number of aromatic nitrogens is 2. The molecule has 0 saturated carbocycles.